The maximum absolute atomic E-state index is 12.9. The highest BCUT2D eigenvalue weighted by Gasteiger charge is 2.38. The molecule has 9 heteroatoms. The molecular formula is C31H34N4O4S. The van der Waals surface area contributed by atoms with Crippen LogP contribution in [-0.4, -0.2) is 46.8 Å². The lowest BCUT2D eigenvalue weighted by molar-refractivity contribution is -0.114. The normalized spacial score (nSPS) is 18.3. The number of aliphatic imine (C=N–C) groups is 1. The first-order valence-corrected chi connectivity index (χ1v) is 14.6. The van der Waals surface area contributed by atoms with Crippen LogP contribution in [0, 0.1) is 11.3 Å². The molecule has 0 unspecified atom stereocenters. The lowest BCUT2D eigenvalue weighted by Crippen LogP contribution is -2.35. The van der Waals surface area contributed by atoms with Crippen molar-refractivity contribution in [2.75, 3.05) is 19.8 Å². The fourth-order valence-electron chi connectivity index (χ4n) is 4.96. The Labute approximate surface area is 239 Å². The lowest BCUT2D eigenvalue weighted by Gasteiger charge is -2.20. The third-order valence-corrected chi connectivity index (χ3v) is 8.01. The standard InChI is InChI=1S/C31H34N4O4S/c1-3-10-22-11-8-9-14-25(22)38-17-18-39-26-16-15-21(20-27(26)37-4-2)19-24-28(32)35-31(33-29(24)36)40-30(34-35)23-12-6-5-7-13-23/h3,8-9,11,14-16,19-20,23,32H,1,4-7,10,12-13,17-18H2,2H3. The zero-order valence-corrected chi connectivity index (χ0v) is 23.5. The highest BCUT2D eigenvalue weighted by molar-refractivity contribution is 8.27. The Balaban J connectivity index is 1.27. The van der Waals surface area contributed by atoms with Gasteiger partial charge >= 0.3 is 0 Å². The molecule has 2 heterocycles. The number of rotatable bonds is 11. The van der Waals surface area contributed by atoms with Crippen molar-refractivity contribution in [1.29, 1.82) is 5.41 Å². The van der Waals surface area contributed by atoms with E-state index in [9.17, 15) is 4.79 Å². The summed E-state index contributed by atoms with van der Waals surface area (Å²) in [7, 11) is 0. The summed E-state index contributed by atoms with van der Waals surface area (Å²) in [5.41, 5.74) is 1.98. The summed E-state index contributed by atoms with van der Waals surface area (Å²) in [6, 6.07) is 13.3. The molecule has 1 N–H and O–H groups in total. The van der Waals surface area contributed by atoms with E-state index >= 15 is 0 Å². The van der Waals surface area contributed by atoms with Gasteiger partial charge in [-0.3, -0.25) is 10.2 Å². The third kappa shape index (κ3) is 6.31. The van der Waals surface area contributed by atoms with E-state index in [1.54, 1.807) is 18.2 Å². The molecule has 0 atom stereocenters. The van der Waals surface area contributed by atoms with E-state index in [4.69, 9.17) is 19.6 Å². The molecule has 0 saturated heterocycles. The van der Waals surface area contributed by atoms with Crippen LogP contribution in [0.4, 0.5) is 0 Å². The lowest BCUT2D eigenvalue weighted by atomic mass is 9.90. The molecule has 2 aromatic rings. The predicted octanol–water partition coefficient (Wildman–Crippen LogP) is 6.47. The largest absolute Gasteiger partial charge is 0.490 e. The quantitative estimate of drug-likeness (QED) is 0.193. The number of amides is 1. The minimum atomic E-state index is -0.434. The molecule has 0 bridgehead atoms. The molecule has 0 spiro atoms. The molecule has 0 aromatic heterocycles. The van der Waals surface area contributed by atoms with Crippen LogP contribution in [0.15, 0.2) is 70.8 Å². The first-order chi connectivity index (χ1) is 19.6. The van der Waals surface area contributed by atoms with Gasteiger partial charge in [0.25, 0.3) is 5.91 Å². The number of carbonyl (C=O) groups excluding carboxylic acids is 1. The summed E-state index contributed by atoms with van der Waals surface area (Å²) < 4.78 is 17.7. The molecule has 1 aliphatic carbocycles. The van der Waals surface area contributed by atoms with Crippen LogP contribution in [0.1, 0.15) is 50.2 Å². The second-order valence-corrected chi connectivity index (χ2v) is 10.7. The van der Waals surface area contributed by atoms with Crippen molar-refractivity contribution in [2.45, 2.75) is 45.4 Å². The smallest absolute Gasteiger partial charge is 0.283 e. The van der Waals surface area contributed by atoms with Gasteiger partial charge in [-0.2, -0.15) is 15.1 Å². The van der Waals surface area contributed by atoms with Crippen molar-refractivity contribution in [1.82, 2.24) is 5.01 Å². The monoisotopic (exact) mass is 558 g/mol. The van der Waals surface area contributed by atoms with Crippen molar-refractivity contribution in [3.63, 3.8) is 0 Å². The number of ether oxygens (including phenoxy) is 3. The molecule has 0 radical (unpaired) electrons. The predicted molar refractivity (Wildman–Crippen MR) is 161 cm³/mol. The Kier molecular flexibility index (Phi) is 9.01. The van der Waals surface area contributed by atoms with Gasteiger partial charge in [-0.1, -0.05) is 49.6 Å². The summed E-state index contributed by atoms with van der Waals surface area (Å²) in [5, 5.41) is 16.3. The van der Waals surface area contributed by atoms with E-state index in [0.29, 0.717) is 48.0 Å². The number of para-hydroxylation sites is 1. The van der Waals surface area contributed by atoms with Crippen LogP contribution in [0.3, 0.4) is 0 Å². The average molecular weight is 559 g/mol. The minimum absolute atomic E-state index is 0.0421. The molecule has 40 heavy (non-hydrogen) atoms. The summed E-state index contributed by atoms with van der Waals surface area (Å²) in [4.78, 5) is 17.2. The molecular weight excluding hydrogens is 524 g/mol. The maximum Gasteiger partial charge on any atom is 0.283 e. The number of nitrogens with one attached hydrogen (secondary N) is 1. The van der Waals surface area contributed by atoms with E-state index in [2.05, 4.69) is 16.7 Å². The second kappa shape index (κ2) is 13.0. The molecule has 3 aliphatic rings. The van der Waals surface area contributed by atoms with Gasteiger partial charge in [0.2, 0.25) is 5.17 Å². The Morgan fingerprint density at radius 2 is 1.82 bits per heavy atom. The molecule has 2 aliphatic heterocycles. The number of hydrazone groups is 1. The number of thioether (sulfide) groups is 1. The number of nitrogens with zero attached hydrogens (tertiary/aromatic N) is 3. The molecule has 1 saturated carbocycles. The zero-order chi connectivity index (χ0) is 27.9. The number of benzene rings is 2. The zero-order valence-electron chi connectivity index (χ0n) is 22.7. The summed E-state index contributed by atoms with van der Waals surface area (Å²) in [6.07, 6.45) is 10.1. The molecule has 208 valence electrons. The van der Waals surface area contributed by atoms with E-state index in [1.165, 1.54) is 36.0 Å². The van der Waals surface area contributed by atoms with Crippen LogP contribution in [-0.2, 0) is 11.2 Å². The van der Waals surface area contributed by atoms with Crippen molar-refractivity contribution in [3.05, 3.63) is 71.8 Å². The van der Waals surface area contributed by atoms with Crippen LogP contribution in [0.5, 0.6) is 17.2 Å². The van der Waals surface area contributed by atoms with E-state index in [-0.39, 0.29) is 11.4 Å². The van der Waals surface area contributed by atoms with Gasteiger partial charge < -0.3 is 14.2 Å². The van der Waals surface area contributed by atoms with Crippen molar-refractivity contribution < 1.29 is 19.0 Å². The molecule has 8 nitrogen and oxygen atoms in total. The van der Waals surface area contributed by atoms with E-state index < -0.39 is 5.91 Å². The van der Waals surface area contributed by atoms with Crippen LogP contribution in [0.25, 0.3) is 6.08 Å². The number of hydrogen-bond donors (Lipinski definition) is 1. The SMILES string of the molecule is C=CCc1ccccc1OCCOc1ccc(C=C2C(=N)N3N=C(C4CCCCC4)SC3=NC2=O)cc1OCC. The first-order valence-electron chi connectivity index (χ1n) is 13.8. The number of hydrogen-bond acceptors (Lipinski definition) is 7. The topological polar surface area (TPSA) is 96.6 Å². The number of amidine groups is 2. The Morgan fingerprint density at radius 3 is 2.60 bits per heavy atom. The Morgan fingerprint density at radius 1 is 1.05 bits per heavy atom. The van der Waals surface area contributed by atoms with Gasteiger partial charge in [-0.25, -0.2) is 0 Å². The summed E-state index contributed by atoms with van der Waals surface area (Å²) >= 11 is 1.42. The van der Waals surface area contributed by atoms with Gasteiger partial charge in [0.1, 0.15) is 24.0 Å². The van der Waals surface area contributed by atoms with Crippen molar-refractivity contribution >= 4 is 39.8 Å². The van der Waals surface area contributed by atoms with Gasteiger partial charge in [0.05, 0.1) is 12.2 Å². The highest BCUT2D eigenvalue weighted by Crippen LogP contribution is 2.37. The third-order valence-electron chi connectivity index (χ3n) is 6.94. The van der Waals surface area contributed by atoms with E-state index in [1.807, 2.05) is 43.3 Å². The van der Waals surface area contributed by atoms with Gasteiger partial charge in [0.15, 0.2) is 17.3 Å². The summed E-state index contributed by atoms with van der Waals surface area (Å²) in [6.45, 7) is 6.86. The fraction of sp³-hybridized carbons (Fsp3) is 0.355. The van der Waals surface area contributed by atoms with Crippen LogP contribution < -0.4 is 14.2 Å². The molecule has 2 aromatic carbocycles. The van der Waals surface area contributed by atoms with E-state index in [0.717, 1.165) is 35.6 Å². The van der Waals surface area contributed by atoms with Gasteiger partial charge in [0, 0.05) is 5.92 Å². The van der Waals surface area contributed by atoms with Crippen LogP contribution >= 0.6 is 11.8 Å². The molecule has 5 rings (SSSR count). The number of allylic oxidation sites excluding steroid dienone is 1. The Bertz CT molecular complexity index is 1380. The van der Waals surface area contributed by atoms with Crippen molar-refractivity contribution in [3.8, 4) is 17.2 Å². The summed E-state index contributed by atoms with van der Waals surface area (Å²) in [5.74, 6) is 1.94. The Hall–Kier alpha value is -3.85. The second-order valence-electron chi connectivity index (χ2n) is 9.73. The van der Waals surface area contributed by atoms with Crippen LogP contribution in [0.2, 0.25) is 0 Å². The average Bonchev–Trinajstić information content (AvgIpc) is 3.40. The van der Waals surface area contributed by atoms with Gasteiger partial charge in [-0.05, 0) is 73.4 Å². The number of fused-ring (bicyclic) bond motifs is 1. The maximum atomic E-state index is 12.9. The highest BCUT2D eigenvalue weighted by atomic mass is 32.2. The molecule has 1 fully saturated rings. The molecule has 1 amide bonds. The van der Waals surface area contributed by atoms with Crippen molar-refractivity contribution in [2.24, 2.45) is 16.0 Å². The number of carbonyl (C=O) groups is 1. The first kappa shape index (κ1) is 27.7. The van der Waals surface area contributed by atoms with Gasteiger partial charge in [-0.15, -0.1) is 6.58 Å². The fourth-order valence-corrected chi connectivity index (χ4v) is 6.02. The minimum Gasteiger partial charge on any atom is -0.490 e.